The standard InChI is InChI=1S/C29H30ClFN6O2/c30-26-21(31)5-7-23-25(26)29(28(32)37(23)16-24(38)36-14-18-2-1-3-19(18)15-36)8-10-35(11-9-29)27(39)17-4-6-22-20(12-17)13-33-34-22/h4-7,12-13,18-19,32H,1-3,8-11,14-16H2,(H,33,34). The quantitative estimate of drug-likeness (QED) is 0.500. The summed E-state index contributed by atoms with van der Waals surface area (Å²) in [5.74, 6) is 0.824. The Labute approximate surface area is 230 Å². The molecule has 1 aliphatic carbocycles. The molecule has 3 fully saturated rings. The van der Waals surface area contributed by atoms with Gasteiger partial charge < -0.3 is 14.7 Å². The first-order valence-corrected chi connectivity index (χ1v) is 14.1. The molecule has 3 aromatic rings. The summed E-state index contributed by atoms with van der Waals surface area (Å²) in [6.07, 6.45) is 6.15. The fraction of sp³-hybridized carbons (Fsp3) is 0.448. The van der Waals surface area contributed by atoms with Gasteiger partial charge in [0, 0.05) is 48.4 Å². The third-order valence-electron chi connectivity index (χ3n) is 9.53. The fourth-order valence-electron chi connectivity index (χ4n) is 7.39. The van der Waals surface area contributed by atoms with Gasteiger partial charge in [-0.2, -0.15) is 5.10 Å². The minimum atomic E-state index is -0.846. The average molecular weight is 549 g/mol. The van der Waals surface area contributed by atoms with Crippen molar-refractivity contribution in [2.75, 3.05) is 37.6 Å². The number of nitrogens with zero attached hydrogens (tertiary/aromatic N) is 4. The Morgan fingerprint density at radius 1 is 1.10 bits per heavy atom. The van der Waals surface area contributed by atoms with E-state index in [2.05, 4.69) is 10.2 Å². The van der Waals surface area contributed by atoms with E-state index in [-0.39, 0.29) is 29.2 Å². The number of halogens is 2. The molecule has 202 valence electrons. The highest BCUT2D eigenvalue weighted by molar-refractivity contribution is 6.33. The molecule has 2 amide bonds. The number of amides is 2. The van der Waals surface area contributed by atoms with Crippen LogP contribution >= 0.6 is 11.6 Å². The zero-order chi connectivity index (χ0) is 26.9. The molecule has 7 rings (SSSR count). The third-order valence-corrected chi connectivity index (χ3v) is 9.90. The molecule has 4 heterocycles. The Hall–Kier alpha value is -3.46. The Bertz CT molecular complexity index is 1500. The molecule has 2 N–H and O–H groups in total. The number of carbonyl (C=O) groups is 2. The maximum atomic E-state index is 14.8. The van der Waals surface area contributed by atoms with Gasteiger partial charge in [-0.15, -0.1) is 0 Å². The number of carbonyl (C=O) groups excluding carboxylic acids is 2. The van der Waals surface area contributed by atoms with Crippen molar-refractivity contribution in [3.8, 4) is 0 Å². The van der Waals surface area contributed by atoms with Crippen LogP contribution in [0.25, 0.3) is 10.9 Å². The van der Waals surface area contributed by atoms with Gasteiger partial charge in [-0.25, -0.2) is 4.39 Å². The number of rotatable bonds is 3. The number of fused-ring (bicyclic) bond motifs is 4. The number of H-pyrrole nitrogens is 1. The van der Waals surface area contributed by atoms with E-state index < -0.39 is 11.2 Å². The lowest BCUT2D eigenvalue weighted by Crippen LogP contribution is -2.51. The van der Waals surface area contributed by atoms with Crippen molar-refractivity contribution in [2.24, 2.45) is 11.8 Å². The van der Waals surface area contributed by atoms with Crippen LogP contribution in [0.3, 0.4) is 0 Å². The number of hydrogen-bond acceptors (Lipinski definition) is 4. The molecule has 2 saturated heterocycles. The van der Waals surface area contributed by atoms with Gasteiger partial charge in [-0.05, 0) is 67.9 Å². The predicted octanol–water partition coefficient (Wildman–Crippen LogP) is 4.59. The van der Waals surface area contributed by atoms with E-state index in [1.165, 1.54) is 25.3 Å². The average Bonchev–Trinajstić information content (AvgIpc) is 3.71. The minimum Gasteiger partial charge on any atom is -0.341 e. The van der Waals surface area contributed by atoms with Crippen molar-refractivity contribution in [3.63, 3.8) is 0 Å². The van der Waals surface area contributed by atoms with Gasteiger partial charge >= 0.3 is 0 Å². The van der Waals surface area contributed by atoms with Crippen LogP contribution in [0, 0.1) is 23.1 Å². The summed E-state index contributed by atoms with van der Waals surface area (Å²) in [6, 6.07) is 8.41. The van der Waals surface area contributed by atoms with Gasteiger partial charge in [-0.3, -0.25) is 20.1 Å². The van der Waals surface area contributed by atoms with E-state index in [1.807, 2.05) is 17.0 Å². The summed E-state index contributed by atoms with van der Waals surface area (Å²) >= 11 is 6.58. The highest BCUT2D eigenvalue weighted by Crippen LogP contribution is 2.52. The summed E-state index contributed by atoms with van der Waals surface area (Å²) in [4.78, 5) is 32.2. The lowest BCUT2D eigenvalue weighted by molar-refractivity contribution is -0.128. The zero-order valence-electron chi connectivity index (χ0n) is 21.6. The first-order valence-electron chi connectivity index (χ1n) is 13.7. The molecule has 2 atom stereocenters. The van der Waals surface area contributed by atoms with Crippen LogP contribution in [-0.4, -0.2) is 70.4 Å². The van der Waals surface area contributed by atoms with Gasteiger partial charge in [0.25, 0.3) is 5.91 Å². The summed E-state index contributed by atoms with van der Waals surface area (Å²) < 4.78 is 14.8. The van der Waals surface area contributed by atoms with Gasteiger partial charge in [0.15, 0.2) is 0 Å². The van der Waals surface area contributed by atoms with Crippen LogP contribution < -0.4 is 4.90 Å². The van der Waals surface area contributed by atoms with Gasteiger partial charge in [0.1, 0.15) is 18.2 Å². The number of aromatic amines is 1. The lowest BCUT2D eigenvalue weighted by Gasteiger charge is -2.40. The molecule has 4 aliphatic rings. The Balaban J connectivity index is 1.13. The summed E-state index contributed by atoms with van der Waals surface area (Å²) in [5, 5.41) is 17.1. The number of piperidine rings is 1. The number of amidine groups is 1. The van der Waals surface area contributed by atoms with E-state index in [4.69, 9.17) is 11.6 Å². The van der Waals surface area contributed by atoms with E-state index in [9.17, 15) is 19.4 Å². The molecule has 10 heteroatoms. The molecule has 2 aromatic carbocycles. The van der Waals surface area contributed by atoms with Crippen LogP contribution in [-0.2, 0) is 10.2 Å². The van der Waals surface area contributed by atoms with Gasteiger partial charge in [-0.1, -0.05) is 18.0 Å². The van der Waals surface area contributed by atoms with E-state index >= 15 is 0 Å². The van der Waals surface area contributed by atoms with Crippen molar-refractivity contribution in [1.82, 2.24) is 20.0 Å². The number of benzene rings is 2. The number of aromatic nitrogens is 2. The van der Waals surface area contributed by atoms with E-state index in [1.54, 1.807) is 28.1 Å². The summed E-state index contributed by atoms with van der Waals surface area (Å²) in [5.41, 5.74) is 1.80. The van der Waals surface area contributed by atoms with Crippen LogP contribution in [0.5, 0.6) is 0 Å². The van der Waals surface area contributed by atoms with Crippen molar-refractivity contribution < 1.29 is 14.0 Å². The van der Waals surface area contributed by atoms with Crippen LogP contribution in [0.2, 0.25) is 5.02 Å². The molecule has 39 heavy (non-hydrogen) atoms. The topological polar surface area (TPSA) is 96.4 Å². The van der Waals surface area contributed by atoms with Crippen molar-refractivity contribution >= 4 is 45.8 Å². The first-order chi connectivity index (χ1) is 18.9. The fourth-order valence-corrected chi connectivity index (χ4v) is 7.73. The molecular weight excluding hydrogens is 519 g/mol. The largest absolute Gasteiger partial charge is 0.341 e. The zero-order valence-corrected chi connectivity index (χ0v) is 22.3. The Morgan fingerprint density at radius 3 is 2.59 bits per heavy atom. The van der Waals surface area contributed by atoms with E-state index in [0.717, 1.165) is 24.0 Å². The number of hydrogen-bond donors (Lipinski definition) is 2. The minimum absolute atomic E-state index is 0.000139. The molecule has 1 aromatic heterocycles. The second-order valence-electron chi connectivity index (χ2n) is 11.5. The molecular formula is C29H30ClFN6O2. The first kappa shape index (κ1) is 24.6. The Morgan fingerprint density at radius 2 is 1.85 bits per heavy atom. The van der Waals surface area contributed by atoms with Gasteiger partial charge in [0.05, 0.1) is 22.2 Å². The number of anilines is 1. The molecule has 1 spiro atoms. The van der Waals surface area contributed by atoms with Gasteiger partial charge in [0.2, 0.25) is 5.91 Å². The molecule has 0 radical (unpaired) electrons. The molecule has 8 nitrogen and oxygen atoms in total. The van der Waals surface area contributed by atoms with Crippen molar-refractivity contribution in [3.05, 3.63) is 58.5 Å². The highest BCUT2D eigenvalue weighted by atomic mass is 35.5. The van der Waals surface area contributed by atoms with Crippen molar-refractivity contribution in [1.29, 1.82) is 5.41 Å². The lowest BCUT2D eigenvalue weighted by atomic mass is 9.73. The summed E-state index contributed by atoms with van der Waals surface area (Å²) in [7, 11) is 0. The monoisotopic (exact) mass is 548 g/mol. The smallest absolute Gasteiger partial charge is 0.253 e. The SMILES string of the molecule is N=C1N(CC(=O)N2CC3CCCC3C2)c2ccc(F)c(Cl)c2C12CCN(C(=O)c1ccc3[nH]ncc3c1)CC2. The molecule has 2 unspecified atom stereocenters. The van der Waals surface area contributed by atoms with Crippen molar-refractivity contribution in [2.45, 2.75) is 37.5 Å². The molecule has 3 aliphatic heterocycles. The normalized spacial score (nSPS) is 23.6. The second-order valence-corrected chi connectivity index (χ2v) is 11.9. The number of nitrogens with one attached hydrogen (secondary N) is 2. The highest BCUT2D eigenvalue weighted by Gasteiger charge is 2.52. The number of likely N-dealkylation sites (tertiary alicyclic amines) is 2. The molecule has 0 bridgehead atoms. The van der Waals surface area contributed by atoms with Crippen LogP contribution in [0.1, 0.15) is 48.0 Å². The third kappa shape index (κ3) is 3.77. The maximum Gasteiger partial charge on any atom is 0.253 e. The maximum absolute atomic E-state index is 14.8. The predicted molar refractivity (Wildman–Crippen MR) is 147 cm³/mol. The second kappa shape index (κ2) is 9.05. The van der Waals surface area contributed by atoms with E-state index in [0.29, 0.717) is 54.6 Å². The van der Waals surface area contributed by atoms with Crippen LogP contribution in [0.15, 0.2) is 36.5 Å². The molecule has 1 saturated carbocycles. The van der Waals surface area contributed by atoms with Crippen LogP contribution in [0.4, 0.5) is 10.1 Å². The Kier molecular flexibility index (Phi) is 5.70. The summed E-state index contributed by atoms with van der Waals surface area (Å²) in [6.45, 7) is 2.41.